The number of nitrogens with zero attached hydrogens (tertiary/aromatic N) is 1. The summed E-state index contributed by atoms with van der Waals surface area (Å²) in [5, 5.41) is 3.73. The maximum Gasteiger partial charge on any atom is 0.246 e. The van der Waals surface area contributed by atoms with E-state index in [1.165, 1.54) is 0 Å². The van der Waals surface area contributed by atoms with Gasteiger partial charge < -0.3 is 10.2 Å². The van der Waals surface area contributed by atoms with Gasteiger partial charge in [0.2, 0.25) is 5.91 Å². The van der Waals surface area contributed by atoms with E-state index >= 15 is 0 Å². The van der Waals surface area contributed by atoms with Gasteiger partial charge in [-0.1, -0.05) is 72.3 Å². The second-order valence-corrected chi connectivity index (χ2v) is 6.04. The number of halogens is 1. The highest BCUT2D eigenvalue weighted by Gasteiger charge is 2.16. The molecule has 1 N–H and O–H groups in total. The summed E-state index contributed by atoms with van der Waals surface area (Å²) >= 11 is 6.15. The molecule has 0 atom stereocenters. The summed E-state index contributed by atoms with van der Waals surface area (Å²) in [6, 6.07) is 27.1. The summed E-state index contributed by atoms with van der Waals surface area (Å²) in [6.45, 7) is 0.694. The first-order valence-electron chi connectivity index (χ1n) is 8.12. The van der Waals surface area contributed by atoms with Gasteiger partial charge >= 0.3 is 0 Å². The molecule has 0 radical (unpaired) electrons. The third kappa shape index (κ3) is 4.61. The van der Waals surface area contributed by atoms with Gasteiger partial charge in [-0.05, 0) is 29.8 Å². The maximum absolute atomic E-state index is 12.9. The summed E-state index contributed by atoms with van der Waals surface area (Å²) < 4.78 is 0. The average molecular weight is 351 g/mol. The van der Waals surface area contributed by atoms with E-state index in [2.05, 4.69) is 5.32 Å². The van der Waals surface area contributed by atoms with E-state index in [-0.39, 0.29) is 12.5 Å². The Kier molecular flexibility index (Phi) is 5.70. The van der Waals surface area contributed by atoms with Crippen LogP contribution in [0.1, 0.15) is 5.56 Å². The van der Waals surface area contributed by atoms with Gasteiger partial charge in [0.1, 0.15) is 0 Å². The summed E-state index contributed by atoms with van der Waals surface area (Å²) in [5.41, 5.74) is 2.71. The maximum atomic E-state index is 12.9. The number of carbonyl (C=O) groups excluding carboxylic acids is 1. The highest BCUT2D eigenvalue weighted by molar-refractivity contribution is 6.33. The molecule has 4 heteroatoms. The predicted octanol–water partition coefficient (Wildman–Crippen LogP) is 4.99. The zero-order valence-corrected chi connectivity index (χ0v) is 14.5. The Morgan fingerprint density at radius 3 is 2.12 bits per heavy atom. The normalized spacial score (nSPS) is 10.3. The van der Waals surface area contributed by atoms with Crippen LogP contribution in [0.2, 0.25) is 5.02 Å². The molecule has 3 nitrogen and oxygen atoms in total. The van der Waals surface area contributed by atoms with E-state index < -0.39 is 0 Å². The number of nitrogens with one attached hydrogen (secondary N) is 1. The van der Waals surface area contributed by atoms with E-state index in [0.717, 1.165) is 16.9 Å². The molecule has 0 aliphatic heterocycles. The molecular weight excluding hydrogens is 332 g/mol. The van der Waals surface area contributed by atoms with Gasteiger partial charge in [-0.25, -0.2) is 0 Å². The number of anilines is 2. The highest BCUT2D eigenvalue weighted by Crippen LogP contribution is 2.21. The molecule has 1 amide bonds. The molecule has 3 aromatic rings. The molecule has 126 valence electrons. The second-order valence-electron chi connectivity index (χ2n) is 5.63. The highest BCUT2D eigenvalue weighted by atomic mass is 35.5. The molecule has 25 heavy (non-hydrogen) atoms. The van der Waals surface area contributed by atoms with Crippen molar-refractivity contribution in [1.82, 2.24) is 0 Å². The smallest absolute Gasteiger partial charge is 0.246 e. The summed E-state index contributed by atoms with van der Waals surface area (Å²) in [6.07, 6.45) is 0. The van der Waals surface area contributed by atoms with Crippen molar-refractivity contribution in [2.75, 3.05) is 16.8 Å². The Labute approximate surface area is 152 Å². The molecule has 0 unspecified atom stereocenters. The van der Waals surface area contributed by atoms with Gasteiger partial charge in [-0.2, -0.15) is 0 Å². The van der Waals surface area contributed by atoms with E-state index in [0.29, 0.717) is 11.6 Å². The zero-order valence-electron chi connectivity index (χ0n) is 13.7. The minimum absolute atomic E-state index is 0.0185. The Balaban J connectivity index is 1.76. The first-order valence-corrected chi connectivity index (χ1v) is 8.49. The molecule has 0 aliphatic carbocycles. The van der Waals surface area contributed by atoms with Crippen LogP contribution in [0, 0.1) is 0 Å². The third-order valence-corrected chi connectivity index (χ3v) is 4.19. The van der Waals surface area contributed by atoms with Crippen LogP contribution in [0.5, 0.6) is 0 Å². The van der Waals surface area contributed by atoms with Crippen LogP contribution in [0.4, 0.5) is 11.4 Å². The Morgan fingerprint density at radius 2 is 1.44 bits per heavy atom. The fourth-order valence-electron chi connectivity index (χ4n) is 2.57. The molecule has 0 bridgehead atoms. The fourth-order valence-corrected chi connectivity index (χ4v) is 2.77. The number of hydrogen-bond acceptors (Lipinski definition) is 2. The van der Waals surface area contributed by atoms with E-state index in [1.54, 1.807) is 11.0 Å². The first kappa shape index (κ1) is 17.1. The van der Waals surface area contributed by atoms with E-state index in [4.69, 9.17) is 11.6 Å². The molecular formula is C21H19ClN2O. The Bertz CT molecular complexity index is 822. The molecule has 0 spiro atoms. The standard InChI is InChI=1S/C21H19ClN2O/c22-19-13-7-8-14-20(19)23-15-21(25)24(18-11-5-2-6-12-18)16-17-9-3-1-4-10-17/h1-14,23H,15-16H2. The second kappa shape index (κ2) is 8.36. The van der Waals surface area contributed by atoms with Crippen molar-refractivity contribution >= 4 is 28.9 Å². The van der Waals surface area contributed by atoms with Crippen molar-refractivity contribution in [3.05, 3.63) is 95.5 Å². The van der Waals surface area contributed by atoms with Gasteiger partial charge in [-0.15, -0.1) is 0 Å². The minimum Gasteiger partial charge on any atom is -0.375 e. The molecule has 3 rings (SSSR count). The lowest BCUT2D eigenvalue weighted by atomic mass is 10.2. The van der Waals surface area contributed by atoms with Crippen LogP contribution in [0.3, 0.4) is 0 Å². The molecule has 0 aliphatic rings. The molecule has 0 heterocycles. The Morgan fingerprint density at radius 1 is 0.840 bits per heavy atom. The monoisotopic (exact) mass is 350 g/mol. The molecule has 3 aromatic carbocycles. The predicted molar refractivity (Wildman–Crippen MR) is 104 cm³/mol. The topological polar surface area (TPSA) is 32.3 Å². The van der Waals surface area contributed by atoms with E-state index in [1.807, 2.05) is 78.9 Å². The van der Waals surface area contributed by atoms with Crippen LogP contribution < -0.4 is 10.2 Å². The largest absolute Gasteiger partial charge is 0.375 e. The number of rotatable bonds is 6. The average Bonchev–Trinajstić information content (AvgIpc) is 2.67. The fraction of sp³-hybridized carbons (Fsp3) is 0.0952. The van der Waals surface area contributed by atoms with Crippen LogP contribution in [0.25, 0.3) is 0 Å². The lowest BCUT2D eigenvalue weighted by molar-refractivity contribution is -0.117. The zero-order chi connectivity index (χ0) is 17.5. The summed E-state index contributed by atoms with van der Waals surface area (Å²) in [5.74, 6) is -0.0185. The molecule has 0 aromatic heterocycles. The van der Waals surface area contributed by atoms with Gasteiger partial charge in [0.25, 0.3) is 0 Å². The number of benzene rings is 3. The lowest BCUT2D eigenvalue weighted by Crippen LogP contribution is -2.35. The van der Waals surface area contributed by atoms with Crippen molar-refractivity contribution in [1.29, 1.82) is 0 Å². The summed E-state index contributed by atoms with van der Waals surface area (Å²) in [7, 11) is 0. The molecule has 0 saturated heterocycles. The van der Waals surface area contributed by atoms with Gasteiger partial charge in [0.05, 0.1) is 23.8 Å². The Hall–Kier alpha value is -2.78. The minimum atomic E-state index is -0.0185. The molecule has 0 fully saturated rings. The van der Waals surface area contributed by atoms with Crippen molar-refractivity contribution < 1.29 is 4.79 Å². The van der Waals surface area contributed by atoms with Crippen LogP contribution in [0.15, 0.2) is 84.9 Å². The van der Waals surface area contributed by atoms with Crippen LogP contribution >= 0.6 is 11.6 Å². The number of carbonyl (C=O) groups is 1. The quantitative estimate of drug-likeness (QED) is 0.679. The van der Waals surface area contributed by atoms with Crippen molar-refractivity contribution in [3.63, 3.8) is 0 Å². The first-order chi connectivity index (χ1) is 12.2. The number of amides is 1. The number of hydrogen-bond donors (Lipinski definition) is 1. The van der Waals surface area contributed by atoms with Crippen LogP contribution in [-0.2, 0) is 11.3 Å². The SMILES string of the molecule is O=C(CNc1ccccc1Cl)N(Cc1ccccc1)c1ccccc1. The van der Waals surface area contributed by atoms with Crippen LogP contribution in [-0.4, -0.2) is 12.5 Å². The van der Waals surface area contributed by atoms with Crippen molar-refractivity contribution in [3.8, 4) is 0 Å². The van der Waals surface area contributed by atoms with Gasteiger partial charge in [0, 0.05) is 5.69 Å². The summed E-state index contributed by atoms with van der Waals surface area (Å²) in [4.78, 5) is 14.6. The van der Waals surface area contributed by atoms with E-state index in [9.17, 15) is 4.79 Å². The van der Waals surface area contributed by atoms with Gasteiger partial charge in [-0.3, -0.25) is 4.79 Å². The van der Waals surface area contributed by atoms with Crippen molar-refractivity contribution in [2.24, 2.45) is 0 Å². The molecule has 0 saturated carbocycles. The van der Waals surface area contributed by atoms with Gasteiger partial charge in [0.15, 0.2) is 0 Å². The lowest BCUT2D eigenvalue weighted by Gasteiger charge is -2.23. The van der Waals surface area contributed by atoms with Crippen molar-refractivity contribution in [2.45, 2.75) is 6.54 Å². The third-order valence-electron chi connectivity index (χ3n) is 3.86. The number of para-hydroxylation sites is 2.